The first-order valence-corrected chi connectivity index (χ1v) is 6.68. The second-order valence-electron chi connectivity index (χ2n) is 4.30. The minimum atomic E-state index is -0.190. The van der Waals surface area contributed by atoms with E-state index in [4.69, 9.17) is 4.74 Å². The van der Waals surface area contributed by atoms with Crippen molar-refractivity contribution in [2.24, 2.45) is 0 Å². The van der Waals surface area contributed by atoms with Crippen LogP contribution in [0.15, 0.2) is 11.6 Å². The van der Waals surface area contributed by atoms with Crippen LogP contribution in [-0.2, 0) is 9.53 Å². The number of carbonyl (C=O) groups excluding carboxylic acids is 1. The molecule has 0 radical (unpaired) electrons. The Morgan fingerprint density at radius 3 is 2.24 bits per heavy atom. The van der Waals surface area contributed by atoms with Gasteiger partial charge in [0.15, 0.2) is 0 Å². The van der Waals surface area contributed by atoms with Crippen LogP contribution in [0.2, 0.25) is 0 Å². The van der Waals surface area contributed by atoms with Gasteiger partial charge in [-0.2, -0.15) is 0 Å². The Morgan fingerprint density at radius 2 is 1.76 bits per heavy atom. The quantitative estimate of drug-likeness (QED) is 0.353. The lowest BCUT2D eigenvalue weighted by atomic mass is 10.3. The molecule has 0 atom stereocenters. The van der Waals surface area contributed by atoms with E-state index in [0.29, 0.717) is 12.2 Å². The highest BCUT2D eigenvalue weighted by Gasteiger charge is 2.05. The molecule has 0 spiro atoms. The van der Waals surface area contributed by atoms with Crippen LogP contribution in [0, 0.1) is 0 Å². The Hall–Kier alpha value is -0.830. The van der Waals surface area contributed by atoms with E-state index < -0.39 is 0 Å². The summed E-state index contributed by atoms with van der Waals surface area (Å²) >= 11 is 0. The van der Waals surface area contributed by atoms with E-state index in [1.165, 1.54) is 12.8 Å². The number of rotatable bonds is 9. The highest BCUT2D eigenvalue weighted by atomic mass is 16.5. The molecule has 17 heavy (non-hydrogen) atoms. The molecule has 0 aliphatic carbocycles. The molecule has 0 aromatic rings. The van der Waals surface area contributed by atoms with Crippen LogP contribution in [-0.4, -0.2) is 37.1 Å². The zero-order valence-corrected chi connectivity index (χ0v) is 11.8. The summed E-state index contributed by atoms with van der Waals surface area (Å²) < 4.78 is 5.17. The maximum atomic E-state index is 11.4. The van der Waals surface area contributed by atoms with E-state index in [0.717, 1.165) is 26.1 Å². The molecule has 0 saturated carbocycles. The highest BCUT2D eigenvalue weighted by Crippen LogP contribution is 1.99. The lowest BCUT2D eigenvalue weighted by Crippen LogP contribution is -2.27. The van der Waals surface area contributed by atoms with E-state index in [1.807, 2.05) is 6.92 Å². The van der Waals surface area contributed by atoms with Crippen molar-refractivity contribution in [3.63, 3.8) is 0 Å². The fourth-order valence-corrected chi connectivity index (χ4v) is 1.65. The molecule has 0 saturated heterocycles. The van der Waals surface area contributed by atoms with Crippen molar-refractivity contribution >= 4 is 5.97 Å². The van der Waals surface area contributed by atoms with Crippen LogP contribution in [0.5, 0.6) is 0 Å². The largest absolute Gasteiger partial charge is 0.462 e. The van der Waals surface area contributed by atoms with Gasteiger partial charge in [-0.3, -0.25) is 0 Å². The van der Waals surface area contributed by atoms with Gasteiger partial charge in [0, 0.05) is 12.1 Å². The van der Waals surface area contributed by atoms with E-state index in [1.54, 1.807) is 13.0 Å². The molecule has 3 nitrogen and oxygen atoms in total. The van der Waals surface area contributed by atoms with Gasteiger partial charge in [0.2, 0.25) is 0 Å². The molecule has 100 valence electrons. The van der Waals surface area contributed by atoms with Gasteiger partial charge in [0.05, 0.1) is 6.61 Å². The Labute approximate surface area is 106 Å². The van der Waals surface area contributed by atoms with Crippen LogP contribution in [0.25, 0.3) is 0 Å². The topological polar surface area (TPSA) is 29.5 Å². The molecule has 0 N–H and O–H groups in total. The SMILES string of the molecule is CC=C(C)C(=O)OCCCN(CCC)CCC. The van der Waals surface area contributed by atoms with E-state index in [2.05, 4.69) is 18.7 Å². The number of esters is 1. The fraction of sp³-hybridized carbons (Fsp3) is 0.786. The van der Waals surface area contributed by atoms with Crippen molar-refractivity contribution in [2.75, 3.05) is 26.2 Å². The third kappa shape index (κ3) is 7.97. The molecule has 0 aliphatic heterocycles. The summed E-state index contributed by atoms with van der Waals surface area (Å²) in [6.07, 6.45) is 5.06. The maximum absolute atomic E-state index is 11.4. The second-order valence-corrected chi connectivity index (χ2v) is 4.30. The monoisotopic (exact) mass is 241 g/mol. The molecule has 0 heterocycles. The summed E-state index contributed by atoms with van der Waals surface area (Å²) in [5.41, 5.74) is 0.684. The Kier molecular flexibility index (Phi) is 9.83. The molecule has 0 aromatic heterocycles. The Bertz CT molecular complexity index is 230. The van der Waals surface area contributed by atoms with Crippen molar-refractivity contribution in [1.82, 2.24) is 4.90 Å². The van der Waals surface area contributed by atoms with Crippen molar-refractivity contribution in [3.05, 3.63) is 11.6 Å². The molecular formula is C14H27NO2. The summed E-state index contributed by atoms with van der Waals surface area (Å²) in [5.74, 6) is -0.190. The van der Waals surface area contributed by atoms with Crippen LogP contribution in [0.1, 0.15) is 47.0 Å². The minimum Gasteiger partial charge on any atom is -0.462 e. The number of nitrogens with zero attached hydrogens (tertiary/aromatic N) is 1. The number of hydrogen-bond acceptors (Lipinski definition) is 3. The normalized spacial score (nSPS) is 11.9. The summed E-state index contributed by atoms with van der Waals surface area (Å²) in [4.78, 5) is 13.8. The van der Waals surface area contributed by atoms with Crippen LogP contribution in [0.3, 0.4) is 0 Å². The first kappa shape index (κ1) is 16.2. The minimum absolute atomic E-state index is 0.190. The first-order chi connectivity index (χ1) is 8.15. The number of allylic oxidation sites excluding steroid dienone is 1. The van der Waals surface area contributed by atoms with Crippen molar-refractivity contribution in [2.45, 2.75) is 47.0 Å². The van der Waals surface area contributed by atoms with E-state index in [-0.39, 0.29) is 5.97 Å². The summed E-state index contributed by atoms with van der Waals surface area (Å²) in [6.45, 7) is 11.8. The van der Waals surface area contributed by atoms with E-state index in [9.17, 15) is 4.79 Å². The number of ether oxygens (including phenoxy) is 1. The van der Waals surface area contributed by atoms with Crippen LogP contribution < -0.4 is 0 Å². The standard InChI is InChI=1S/C14H27NO2/c1-5-9-15(10-6-2)11-8-12-17-14(16)13(4)7-3/h7H,5-6,8-12H2,1-4H3. The predicted octanol–water partition coefficient (Wildman–Crippen LogP) is 3.01. The average Bonchev–Trinajstić information content (AvgIpc) is 2.33. The van der Waals surface area contributed by atoms with Gasteiger partial charge in [-0.1, -0.05) is 19.9 Å². The summed E-state index contributed by atoms with van der Waals surface area (Å²) in [5, 5.41) is 0. The third-order valence-corrected chi connectivity index (χ3v) is 2.69. The molecule has 0 amide bonds. The van der Waals surface area contributed by atoms with Crippen molar-refractivity contribution in [1.29, 1.82) is 0 Å². The average molecular weight is 241 g/mol. The highest BCUT2D eigenvalue weighted by molar-refractivity contribution is 5.87. The lowest BCUT2D eigenvalue weighted by molar-refractivity contribution is -0.139. The lowest BCUT2D eigenvalue weighted by Gasteiger charge is -2.20. The molecular weight excluding hydrogens is 214 g/mol. The van der Waals surface area contributed by atoms with Gasteiger partial charge in [0.1, 0.15) is 0 Å². The second kappa shape index (κ2) is 10.3. The number of carbonyl (C=O) groups is 1. The van der Waals surface area contributed by atoms with Crippen LogP contribution in [0.4, 0.5) is 0 Å². The van der Waals surface area contributed by atoms with Gasteiger partial charge in [-0.25, -0.2) is 4.79 Å². The Balaban J connectivity index is 3.70. The molecule has 3 heteroatoms. The molecule has 0 aromatic carbocycles. The fourth-order valence-electron chi connectivity index (χ4n) is 1.65. The molecule has 0 unspecified atom stereocenters. The van der Waals surface area contributed by atoms with Crippen LogP contribution >= 0.6 is 0 Å². The van der Waals surface area contributed by atoms with Crippen molar-refractivity contribution in [3.8, 4) is 0 Å². The zero-order valence-electron chi connectivity index (χ0n) is 11.8. The molecule has 0 rings (SSSR count). The van der Waals surface area contributed by atoms with Gasteiger partial charge in [-0.05, 0) is 46.2 Å². The smallest absolute Gasteiger partial charge is 0.333 e. The summed E-state index contributed by atoms with van der Waals surface area (Å²) in [7, 11) is 0. The third-order valence-electron chi connectivity index (χ3n) is 2.69. The summed E-state index contributed by atoms with van der Waals surface area (Å²) in [6, 6.07) is 0. The van der Waals surface area contributed by atoms with Gasteiger partial charge in [0.25, 0.3) is 0 Å². The van der Waals surface area contributed by atoms with Crippen molar-refractivity contribution < 1.29 is 9.53 Å². The Morgan fingerprint density at radius 1 is 1.18 bits per heavy atom. The first-order valence-electron chi connectivity index (χ1n) is 6.68. The maximum Gasteiger partial charge on any atom is 0.333 e. The van der Waals surface area contributed by atoms with Gasteiger partial charge in [-0.15, -0.1) is 0 Å². The molecule has 0 aliphatic rings. The molecule has 0 fully saturated rings. The molecule has 0 bridgehead atoms. The van der Waals surface area contributed by atoms with Gasteiger partial charge >= 0.3 is 5.97 Å². The number of hydrogen-bond donors (Lipinski definition) is 0. The predicted molar refractivity (Wildman–Crippen MR) is 72.0 cm³/mol. The van der Waals surface area contributed by atoms with E-state index >= 15 is 0 Å². The van der Waals surface area contributed by atoms with Gasteiger partial charge < -0.3 is 9.64 Å². The zero-order chi connectivity index (χ0) is 13.1.